The number of nitrogens with zero attached hydrogens (tertiary/aromatic N) is 1. The predicted octanol–water partition coefficient (Wildman–Crippen LogP) is 1.66. The highest BCUT2D eigenvalue weighted by Crippen LogP contribution is 2.21. The standard InChI is InChI=1S/C15H20FN3O2/c1-10(2)14(11-3-5-12(16)6-4-11)18-9-13(20)19-8-7-17-15(19)21/h3-6,10,14,18H,7-9H2,1-2H3,(H,17,21)/t14-/m0/s1. The molecule has 6 heteroatoms. The molecule has 2 N–H and O–H groups in total. The predicted molar refractivity (Wildman–Crippen MR) is 77.1 cm³/mol. The SMILES string of the molecule is CC(C)[C@H](NCC(=O)N1CCNC1=O)c1ccc(F)cc1. The van der Waals surface area contributed by atoms with Crippen LogP contribution in [-0.4, -0.2) is 36.5 Å². The minimum Gasteiger partial charge on any atom is -0.336 e. The van der Waals surface area contributed by atoms with Crippen molar-refractivity contribution in [1.82, 2.24) is 15.5 Å². The molecular formula is C15H20FN3O2. The van der Waals surface area contributed by atoms with E-state index in [1.165, 1.54) is 17.0 Å². The molecule has 3 amide bonds. The number of urea groups is 1. The van der Waals surface area contributed by atoms with E-state index in [0.29, 0.717) is 13.1 Å². The number of carbonyl (C=O) groups is 2. The maximum absolute atomic E-state index is 13.0. The monoisotopic (exact) mass is 293 g/mol. The summed E-state index contributed by atoms with van der Waals surface area (Å²) in [6.07, 6.45) is 0. The Bertz CT molecular complexity index is 516. The van der Waals surface area contributed by atoms with Crippen molar-refractivity contribution < 1.29 is 14.0 Å². The Morgan fingerprint density at radius 3 is 2.57 bits per heavy atom. The fourth-order valence-electron chi connectivity index (χ4n) is 2.41. The van der Waals surface area contributed by atoms with Gasteiger partial charge in [0, 0.05) is 19.1 Å². The molecule has 1 fully saturated rings. The van der Waals surface area contributed by atoms with E-state index in [2.05, 4.69) is 10.6 Å². The van der Waals surface area contributed by atoms with E-state index in [1.54, 1.807) is 12.1 Å². The van der Waals surface area contributed by atoms with Crippen LogP contribution in [0.1, 0.15) is 25.5 Å². The van der Waals surface area contributed by atoms with E-state index in [9.17, 15) is 14.0 Å². The molecule has 2 rings (SSSR count). The average Bonchev–Trinajstić information content (AvgIpc) is 2.86. The van der Waals surface area contributed by atoms with E-state index in [1.807, 2.05) is 13.8 Å². The summed E-state index contributed by atoms with van der Waals surface area (Å²) in [5, 5.41) is 5.75. The van der Waals surface area contributed by atoms with Gasteiger partial charge in [-0.1, -0.05) is 26.0 Å². The largest absolute Gasteiger partial charge is 0.336 e. The Morgan fingerprint density at radius 2 is 2.05 bits per heavy atom. The van der Waals surface area contributed by atoms with Crippen LogP contribution < -0.4 is 10.6 Å². The zero-order valence-corrected chi connectivity index (χ0v) is 12.2. The first-order valence-electron chi connectivity index (χ1n) is 7.06. The molecule has 0 radical (unpaired) electrons. The summed E-state index contributed by atoms with van der Waals surface area (Å²) in [6.45, 7) is 5.02. The van der Waals surface area contributed by atoms with Crippen LogP contribution in [0.15, 0.2) is 24.3 Å². The number of halogens is 1. The quantitative estimate of drug-likeness (QED) is 0.868. The normalized spacial score (nSPS) is 16.2. The summed E-state index contributed by atoms with van der Waals surface area (Å²) in [4.78, 5) is 24.6. The first-order valence-corrected chi connectivity index (χ1v) is 7.06. The van der Waals surface area contributed by atoms with Gasteiger partial charge >= 0.3 is 6.03 Å². The molecular weight excluding hydrogens is 273 g/mol. The third kappa shape index (κ3) is 3.78. The van der Waals surface area contributed by atoms with Gasteiger partial charge in [-0.3, -0.25) is 9.69 Å². The molecule has 5 nitrogen and oxygen atoms in total. The summed E-state index contributed by atoms with van der Waals surface area (Å²) in [5.74, 6) is -0.306. The Kier molecular flexibility index (Phi) is 4.90. The van der Waals surface area contributed by atoms with Crippen LogP contribution >= 0.6 is 0 Å². The van der Waals surface area contributed by atoms with Crippen molar-refractivity contribution in [1.29, 1.82) is 0 Å². The van der Waals surface area contributed by atoms with Crippen LogP contribution in [0, 0.1) is 11.7 Å². The van der Waals surface area contributed by atoms with Gasteiger partial charge < -0.3 is 10.6 Å². The molecule has 1 aromatic rings. The molecule has 0 saturated carbocycles. The van der Waals surface area contributed by atoms with Crippen LogP contribution in [0.2, 0.25) is 0 Å². The number of benzene rings is 1. The lowest BCUT2D eigenvalue weighted by atomic mass is 9.96. The molecule has 1 aliphatic heterocycles. The molecule has 0 aliphatic carbocycles. The van der Waals surface area contributed by atoms with Gasteiger partial charge in [-0.25, -0.2) is 9.18 Å². The number of carbonyl (C=O) groups excluding carboxylic acids is 2. The Balaban J connectivity index is 1.99. The van der Waals surface area contributed by atoms with Crippen molar-refractivity contribution >= 4 is 11.9 Å². The highest BCUT2D eigenvalue weighted by Gasteiger charge is 2.26. The number of rotatable bonds is 5. The maximum Gasteiger partial charge on any atom is 0.324 e. The van der Waals surface area contributed by atoms with E-state index in [4.69, 9.17) is 0 Å². The second kappa shape index (κ2) is 6.67. The third-order valence-electron chi connectivity index (χ3n) is 3.53. The molecule has 1 aromatic carbocycles. The lowest BCUT2D eigenvalue weighted by Gasteiger charge is -2.23. The number of imide groups is 1. The van der Waals surface area contributed by atoms with Crippen molar-refractivity contribution in [3.8, 4) is 0 Å². The van der Waals surface area contributed by atoms with E-state index in [0.717, 1.165) is 5.56 Å². The van der Waals surface area contributed by atoms with Gasteiger partial charge in [0.05, 0.1) is 6.54 Å². The first-order chi connectivity index (χ1) is 9.99. The van der Waals surface area contributed by atoms with E-state index in [-0.39, 0.29) is 36.3 Å². The van der Waals surface area contributed by atoms with Crippen molar-refractivity contribution in [2.45, 2.75) is 19.9 Å². The van der Waals surface area contributed by atoms with E-state index >= 15 is 0 Å². The number of hydrogen-bond donors (Lipinski definition) is 2. The van der Waals surface area contributed by atoms with Gasteiger partial charge in [0.2, 0.25) is 5.91 Å². The highest BCUT2D eigenvalue weighted by atomic mass is 19.1. The van der Waals surface area contributed by atoms with Gasteiger partial charge in [0.25, 0.3) is 0 Å². The fourth-order valence-corrected chi connectivity index (χ4v) is 2.41. The van der Waals surface area contributed by atoms with E-state index < -0.39 is 0 Å². The third-order valence-corrected chi connectivity index (χ3v) is 3.53. The lowest BCUT2D eigenvalue weighted by molar-refractivity contribution is -0.126. The summed E-state index contributed by atoms with van der Waals surface area (Å²) in [6, 6.07) is 5.81. The minimum atomic E-state index is -0.343. The summed E-state index contributed by atoms with van der Waals surface area (Å²) >= 11 is 0. The molecule has 0 spiro atoms. The van der Waals surface area contributed by atoms with Crippen molar-refractivity contribution in [3.63, 3.8) is 0 Å². The van der Waals surface area contributed by atoms with Crippen LogP contribution in [-0.2, 0) is 4.79 Å². The number of nitrogens with one attached hydrogen (secondary N) is 2. The second-order valence-corrected chi connectivity index (χ2v) is 5.43. The molecule has 1 aliphatic rings. The number of amides is 3. The molecule has 21 heavy (non-hydrogen) atoms. The van der Waals surface area contributed by atoms with Crippen LogP contribution in [0.3, 0.4) is 0 Å². The summed E-state index contributed by atoms with van der Waals surface area (Å²) < 4.78 is 13.0. The van der Waals surface area contributed by atoms with Gasteiger partial charge in [-0.2, -0.15) is 0 Å². The molecule has 114 valence electrons. The minimum absolute atomic E-state index is 0.0692. The van der Waals surface area contributed by atoms with Crippen LogP contribution in [0.5, 0.6) is 0 Å². The molecule has 0 bridgehead atoms. The Morgan fingerprint density at radius 1 is 1.38 bits per heavy atom. The Labute approximate surface area is 123 Å². The number of hydrogen-bond acceptors (Lipinski definition) is 3. The fraction of sp³-hybridized carbons (Fsp3) is 0.467. The molecule has 0 aromatic heterocycles. The zero-order chi connectivity index (χ0) is 15.4. The molecule has 1 saturated heterocycles. The lowest BCUT2D eigenvalue weighted by Crippen LogP contribution is -2.41. The summed E-state index contributed by atoms with van der Waals surface area (Å²) in [7, 11) is 0. The van der Waals surface area contributed by atoms with Crippen LogP contribution in [0.25, 0.3) is 0 Å². The van der Waals surface area contributed by atoms with Gasteiger partial charge in [-0.15, -0.1) is 0 Å². The molecule has 1 heterocycles. The van der Waals surface area contributed by atoms with Gasteiger partial charge in [0.15, 0.2) is 0 Å². The highest BCUT2D eigenvalue weighted by molar-refractivity contribution is 5.96. The van der Waals surface area contributed by atoms with Gasteiger partial charge in [0.1, 0.15) is 5.82 Å². The van der Waals surface area contributed by atoms with Crippen molar-refractivity contribution in [3.05, 3.63) is 35.6 Å². The first kappa shape index (κ1) is 15.4. The second-order valence-electron chi connectivity index (χ2n) is 5.43. The molecule has 0 unspecified atom stereocenters. The zero-order valence-electron chi connectivity index (χ0n) is 12.2. The summed E-state index contributed by atoms with van der Waals surface area (Å²) in [5.41, 5.74) is 0.921. The van der Waals surface area contributed by atoms with Gasteiger partial charge in [-0.05, 0) is 23.6 Å². The maximum atomic E-state index is 13.0. The average molecular weight is 293 g/mol. The smallest absolute Gasteiger partial charge is 0.324 e. The Hall–Kier alpha value is -1.95. The van der Waals surface area contributed by atoms with Crippen molar-refractivity contribution in [2.24, 2.45) is 5.92 Å². The van der Waals surface area contributed by atoms with Crippen molar-refractivity contribution in [2.75, 3.05) is 19.6 Å². The van der Waals surface area contributed by atoms with Crippen LogP contribution in [0.4, 0.5) is 9.18 Å². The molecule has 1 atom stereocenters. The topological polar surface area (TPSA) is 61.4 Å².